The minimum atomic E-state index is -0.166. The number of carbonyl (C=O) groups is 3. The normalized spacial score (nSPS) is 23.7. The van der Waals surface area contributed by atoms with Crippen molar-refractivity contribution in [3.8, 4) is 0 Å². The van der Waals surface area contributed by atoms with E-state index < -0.39 is 0 Å². The number of hydrogen-bond donors (Lipinski definition) is 1. The standard InChI is InChI=1S/C24H35N5O3/c1-16(2)22-10-19(11-23(31)29-7-5-28(6-8-29)18(4)30)17(3)9-20(22)14-27-24(32)21-12-25-15-26-13-21/h9,12-13,15-16,19-20,22H,5-8,10-11,14H2,1-4H3,(H,27,32). The van der Waals surface area contributed by atoms with E-state index in [0.717, 1.165) is 6.42 Å². The summed E-state index contributed by atoms with van der Waals surface area (Å²) >= 11 is 0. The Morgan fingerprint density at radius 1 is 1.09 bits per heavy atom. The van der Waals surface area contributed by atoms with Gasteiger partial charge in [-0.25, -0.2) is 9.97 Å². The molecule has 3 amide bonds. The van der Waals surface area contributed by atoms with Gasteiger partial charge >= 0.3 is 0 Å². The molecule has 2 heterocycles. The van der Waals surface area contributed by atoms with Crippen molar-refractivity contribution < 1.29 is 14.4 Å². The van der Waals surface area contributed by atoms with Gasteiger partial charge in [0, 0.05) is 58.5 Å². The van der Waals surface area contributed by atoms with Gasteiger partial charge in [-0.2, -0.15) is 0 Å². The molecule has 3 atom stereocenters. The number of amides is 3. The van der Waals surface area contributed by atoms with Crippen LogP contribution in [-0.4, -0.2) is 70.2 Å². The first-order chi connectivity index (χ1) is 15.3. The van der Waals surface area contributed by atoms with Crippen molar-refractivity contribution in [1.82, 2.24) is 25.1 Å². The molecular weight excluding hydrogens is 406 g/mol. The van der Waals surface area contributed by atoms with E-state index in [0.29, 0.717) is 56.5 Å². The topological polar surface area (TPSA) is 95.5 Å². The van der Waals surface area contributed by atoms with E-state index >= 15 is 0 Å². The number of hydrogen-bond acceptors (Lipinski definition) is 5. The van der Waals surface area contributed by atoms with Crippen LogP contribution in [0.1, 0.15) is 50.9 Å². The van der Waals surface area contributed by atoms with Crippen LogP contribution in [0.25, 0.3) is 0 Å². The number of allylic oxidation sites excluding steroid dienone is 1. The van der Waals surface area contributed by atoms with E-state index in [1.54, 1.807) is 11.8 Å². The number of rotatable bonds is 6. The lowest BCUT2D eigenvalue weighted by molar-refractivity contribution is -0.139. The number of nitrogens with zero attached hydrogens (tertiary/aromatic N) is 4. The van der Waals surface area contributed by atoms with Crippen molar-refractivity contribution in [2.45, 2.75) is 40.5 Å². The molecule has 1 fully saturated rings. The van der Waals surface area contributed by atoms with Crippen LogP contribution in [0.2, 0.25) is 0 Å². The SMILES string of the molecule is CC(=O)N1CCN(C(=O)CC2CC(C(C)C)C(CNC(=O)c3cncnc3)C=C2C)CC1. The molecule has 2 aliphatic rings. The van der Waals surface area contributed by atoms with Crippen molar-refractivity contribution in [3.63, 3.8) is 0 Å². The van der Waals surface area contributed by atoms with Crippen molar-refractivity contribution >= 4 is 17.7 Å². The molecule has 1 aliphatic heterocycles. The maximum atomic E-state index is 12.9. The molecule has 8 heteroatoms. The van der Waals surface area contributed by atoms with Crippen LogP contribution < -0.4 is 5.32 Å². The molecule has 1 N–H and O–H groups in total. The third-order valence-electron chi connectivity index (χ3n) is 6.90. The molecule has 1 saturated heterocycles. The molecule has 8 nitrogen and oxygen atoms in total. The van der Waals surface area contributed by atoms with Gasteiger partial charge in [-0.05, 0) is 37.0 Å². The largest absolute Gasteiger partial charge is 0.351 e. The van der Waals surface area contributed by atoms with Gasteiger partial charge in [0.15, 0.2) is 0 Å². The summed E-state index contributed by atoms with van der Waals surface area (Å²) in [6, 6.07) is 0. The molecule has 1 aromatic rings. The Morgan fingerprint density at radius 3 is 2.31 bits per heavy atom. The smallest absolute Gasteiger partial charge is 0.254 e. The highest BCUT2D eigenvalue weighted by atomic mass is 16.2. The van der Waals surface area contributed by atoms with E-state index in [2.05, 4.69) is 42.1 Å². The second kappa shape index (κ2) is 10.7. The van der Waals surface area contributed by atoms with E-state index in [1.807, 2.05) is 4.90 Å². The number of aromatic nitrogens is 2. The Morgan fingerprint density at radius 2 is 1.72 bits per heavy atom. The van der Waals surface area contributed by atoms with Gasteiger partial charge in [-0.15, -0.1) is 0 Å². The molecule has 0 saturated carbocycles. The fraction of sp³-hybridized carbons (Fsp3) is 0.625. The number of piperazine rings is 1. The Hall–Kier alpha value is -2.77. The van der Waals surface area contributed by atoms with Crippen LogP contribution in [0.15, 0.2) is 30.4 Å². The fourth-order valence-corrected chi connectivity index (χ4v) is 4.85. The van der Waals surface area contributed by atoms with Gasteiger partial charge in [0.1, 0.15) is 6.33 Å². The van der Waals surface area contributed by atoms with Crippen LogP contribution in [-0.2, 0) is 9.59 Å². The predicted octanol–water partition coefficient (Wildman–Crippen LogP) is 2.14. The highest BCUT2D eigenvalue weighted by molar-refractivity contribution is 5.93. The highest BCUT2D eigenvalue weighted by Crippen LogP contribution is 2.39. The average molecular weight is 442 g/mol. The summed E-state index contributed by atoms with van der Waals surface area (Å²) in [5.74, 6) is 1.35. The number of carbonyl (C=O) groups excluding carboxylic acids is 3. The second-order valence-corrected chi connectivity index (χ2v) is 9.34. The Kier molecular flexibility index (Phi) is 7.99. The Bertz CT molecular complexity index is 846. The average Bonchev–Trinajstić information content (AvgIpc) is 2.79. The lowest BCUT2D eigenvalue weighted by Gasteiger charge is -2.39. The van der Waals surface area contributed by atoms with E-state index in [4.69, 9.17) is 0 Å². The van der Waals surface area contributed by atoms with Crippen LogP contribution in [0.4, 0.5) is 0 Å². The molecule has 0 spiro atoms. The second-order valence-electron chi connectivity index (χ2n) is 9.34. The molecule has 174 valence electrons. The molecule has 0 radical (unpaired) electrons. The zero-order valence-electron chi connectivity index (χ0n) is 19.6. The quantitative estimate of drug-likeness (QED) is 0.683. The molecule has 0 bridgehead atoms. The zero-order valence-corrected chi connectivity index (χ0v) is 19.6. The predicted molar refractivity (Wildman–Crippen MR) is 121 cm³/mol. The summed E-state index contributed by atoms with van der Waals surface area (Å²) in [5.41, 5.74) is 1.68. The van der Waals surface area contributed by atoms with Gasteiger partial charge < -0.3 is 15.1 Å². The molecule has 1 aliphatic carbocycles. The maximum absolute atomic E-state index is 12.9. The molecular formula is C24H35N5O3. The van der Waals surface area contributed by atoms with Crippen molar-refractivity contribution in [3.05, 3.63) is 35.9 Å². The van der Waals surface area contributed by atoms with Crippen molar-refractivity contribution in [1.29, 1.82) is 0 Å². The summed E-state index contributed by atoms with van der Waals surface area (Å²) in [6.45, 7) is 11.1. The molecule has 0 aromatic carbocycles. The first-order valence-electron chi connectivity index (χ1n) is 11.5. The minimum Gasteiger partial charge on any atom is -0.351 e. The molecule has 3 unspecified atom stereocenters. The Balaban J connectivity index is 1.59. The zero-order chi connectivity index (χ0) is 23.3. The van der Waals surface area contributed by atoms with Crippen molar-refractivity contribution in [2.24, 2.45) is 23.7 Å². The van der Waals surface area contributed by atoms with Gasteiger partial charge in [0.05, 0.1) is 5.56 Å². The summed E-state index contributed by atoms with van der Waals surface area (Å²) < 4.78 is 0. The van der Waals surface area contributed by atoms with Crippen LogP contribution >= 0.6 is 0 Å². The van der Waals surface area contributed by atoms with Crippen LogP contribution in [0.3, 0.4) is 0 Å². The summed E-state index contributed by atoms with van der Waals surface area (Å²) in [4.78, 5) is 48.4. The van der Waals surface area contributed by atoms with Gasteiger partial charge in [0.25, 0.3) is 5.91 Å². The van der Waals surface area contributed by atoms with Crippen molar-refractivity contribution in [2.75, 3.05) is 32.7 Å². The summed E-state index contributed by atoms with van der Waals surface area (Å²) in [6.07, 6.45) is 8.13. The third-order valence-corrected chi connectivity index (χ3v) is 6.90. The Labute approximate surface area is 190 Å². The third kappa shape index (κ3) is 5.93. The minimum absolute atomic E-state index is 0.0702. The monoisotopic (exact) mass is 441 g/mol. The first-order valence-corrected chi connectivity index (χ1v) is 11.5. The number of nitrogens with one attached hydrogen (secondary N) is 1. The fourth-order valence-electron chi connectivity index (χ4n) is 4.85. The van der Waals surface area contributed by atoms with Gasteiger partial charge in [-0.3, -0.25) is 14.4 Å². The summed E-state index contributed by atoms with van der Waals surface area (Å²) in [5, 5.41) is 3.02. The first kappa shape index (κ1) is 23.9. The van der Waals surface area contributed by atoms with E-state index in [-0.39, 0.29) is 29.6 Å². The summed E-state index contributed by atoms with van der Waals surface area (Å²) in [7, 11) is 0. The highest BCUT2D eigenvalue weighted by Gasteiger charge is 2.34. The lowest BCUT2D eigenvalue weighted by atomic mass is 9.69. The van der Waals surface area contributed by atoms with Crippen LogP contribution in [0.5, 0.6) is 0 Å². The molecule has 32 heavy (non-hydrogen) atoms. The maximum Gasteiger partial charge on any atom is 0.254 e. The van der Waals surface area contributed by atoms with Gasteiger partial charge in [0.2, 0.25) is 11.8 Å². The van der Waals surface area contributed by atoms with E-state index in [1.165, 1.54) is 24.3 Å². The lowest BCUT2D eigenvalue weighted by Crippen LogP contribution is -2.50. The van der Waals surface area contributed by atoms with Crippen LogP contribution in [0, 0.1) is 23.7 Å². The molecule has 1 aromatic heterocycles. The van der Waals surface area contributed by atoms with E-state index in [9.17, 15) is 14.4 Å². The molecule has 3 rings (SSSR count). The van der Waals surface area contributed by atoms with Gasteiger partial charge in [-0.1, -0.05) is 25.5 Å².